The standard InChI is InChI=1S/C15H23FN2O3/c1-4-17-11(2)13-9-12(16)5-6-14(13)21-10-15(19)18-7-8-20-3/h5-6,9,11,17H,4,7-8,10H2,1-3H3,(H,18,19). The van der Waals surface area contributed by atoms with E-state index in [1.807, 2.05) is 13.8 Å². The highest BCUT2D eigenvalue weighted by molar-refractivity contribution is 5.77. The number of ether oxygens (including phenoxy) is 2. The number of amides is 1. The first-order valence-corrected chi connectivity index (χ1v) is 6.99. The van der Waals surface area contributed by atoms with Gasteiger partial charge in [0, 0.05) is 25.3 Å². The van der Waals surface area contributed by atoms with Crippen molar-refractivity contribution in [3.8, 4) is 5.75 Å². The molecule has 1 aromatic rings. The van der Waals surface area contributed by atoms with E-state index in [1.165, 1.54) is 12.1 Å². The summed E-state index contributed by atoms with van der Waals surface area (Å²) in [5.74, 6) is -0.0585. The zero-order valence-corrected chi connectivity index (χ0v) is 12.7. The molecule has 1 atom stereocenters. The second kappa shape index (κ2) is 9.31. The van der Waals surface area contributed by atoms with Crippen LogP contribution in [0.4, 0.5) is 4.39 Å². The maximum Gasteiger partial charge on any atom is 0.258 e. The van der Waals surface area contributed by atoms with Gasteiger partial charge in [0.25, 0.3) is 5.91 Å². The van der Waals surface area contributed by atoms with Crippen LogP contribution in [0.25, 0.3) is 0 Å². The van der Waals surface area contributed by atoms with Gasteiger partial charge >= 0.3 is 0 Å². The fourth-order valence-electron chi connectivity index (χ4n) is 1.89. The fourth-order valence-corrected chi connectivity index (χ4v) is 1.89. The summed E-state index contributed by atoms with van der Waals surface area (Å²) in [5.41, 5.74) is 0.696. The van der Waals surface area contributed by atoms with E-state index in [2.05, 4.69) is 10.6 Å². The Kier molecular flexibility index (Phi) is 7.71. The van der Waals surface area contributed by atoms with Crippen molar-refractivity contribution in [2.24, 2.45) is 0 Å². The van der Waals surface area contributed by atoms with E-state index >= 15 is 0 Å². The largest absolute Gasteiger partial charge is 0.483 e. The molecule has 0 aliphatic carbocycles. The summed E-state index contributed by atoms with van der Waals surface area (Å²) in [7, 11) is 1.57. The van der Waals surface area contributed by atoms with Gasteiger partial charge in [-0.2, -0.15) is 0 Å². The Morgan fingerprint density at radius 2 is 2.19 bits per heavy atom. The van der Waals surface area contributed by atoms with Crippen LogP contribution in [0.5, 0.6) is 5.75 Å². The smallest absolute Gasteiger partial charge is 0.258 e. The third-order valence-electron chi connectivity index (χ3n) is 2.94. The topological polar surface area (TPSA) is 59.6 Å². The number of carbonyl (C=O) groups excluding carboxylic acids is 1. The van der Waals surface area contributed by atoms with Crippen molar-refractivity contribution in [3.05, 3.63) is 29.6 Å². The number of rotatable bonds is 9. The third kappa shape index (κ3) is 6.10. The highest BCUT2D eigenvalue weighted by Gasteiger charge is 2.13. The molecule has 0 aromatic heterocycles. The fraction of sp³-hybridized carbons (Fsp3) is 0.533. The van der Waals surface area contributed by atoms with Crippen molar-refractivity contribution in [2.75, 3.05) is 33.4 Å². The maximum atomic E-state index is 13.4. The lowest BCUT2D eigenvalue weighted by Gasteiger charge is -2.17. The second-order valence-electron chi connectivity index (χ2n) is 4.59. The Morgan fingerprint density at radius 3 is 2.86 bits per heavy atom. The highest BCUT2D eigenvalue weighted by Crippen LogP contribution is 2.26. The van der Waals surface area contributed by atoms with Crippen LogP contribution in [0.15, 0.2) is 18.2 Å². The third-order valence-corrected chi connectivity index (χ3v) is 2.94. The summed E-state index contributed by atoms with van der Waals surface area (Å²) in [4.78, 5) is 11.6. The van der Waals surface area contributed by atoms with Crippen LogP contribution in [0.2, 0.25) is 0 Å². The molecule has 118 valence electrons. The predicted octanol–water partition coefficient (Wildman–Crippen LogP) is 1.64. The Morgan fingerprint density at radius 1 is 1.43 bits per heavy atom. The number of hydrogen-bond donors (Lipinski definition) is 2. The molecule has 1 aromatic carbocycles. The van der Waals surface area contributed by atoms with Crippen LogP contribution in [-0.2, 0) is 9.53 Å². The Bertz CT molecular complexity index is 455. The molecule has 0 heterocycles. The molecule has 0 aliphatic rings. The van der Waals surface area contributed by atoms with Gasteiger partial charge in [-0.05, 0) is 31.7 Å². The summed E-state index contributed by atoms with van der Waals surface area (Å²) in [6, 6.07) is 4.23. The van der Waals surface area contributed by atoms with Gasteiger partial charge in [-0.15, -0.1) is 0 Å². The van der Waals surface area contributed by atoms with E-state index < -0.39 is 0 Å². The van der Waals surface area contributed by atoms with Crippen molar-refractivity contribution in [3.63, 3.8) is 0 Å². The van der Waals surface area contributed by atoms with E-state index in [0.717, 1.165) is 6.54 Å². The van der Waals surface area contributed by atoms with E-state index in [-0.39, 0.29) is 24.4 Å². The Hall–Kier alpha value is -1.66. The molecular formula is C15H23FN2O3. The number of methoxy groups -OCH3 is 1. The first-order chi connectivity index (χ1) is 10.1. The minimum absolute atomic E-state index is 0.0581. The van der Waals surface area contributed by atoms with Crippen LogP contribution >= 0.6 is 0 Å². The molecule has 0 saturated heterocycles. The van der Waals surface area contributed by atoms with E-state index in [4.69, 9.17) is 9.47 Å². The van der Waals surface area contributed by atoms with Gasteiger partial charge in [0.05, 0.1) is 6.61 Å². The molecule has 1 rings (SSSR count). The van der Waals surface area contributed by atoms with Crippen LogP contribution in [0.1, 0.15) is 25.5 Å². The number of benzene rings is 1. The average molecular weight is 298 g/mol. The molecule has 6 heteroatoms. The van der Waals surface area contributed by atoms with Crippen molar-refractivity contribution in [2.45, 2.75) is 19.9 Å². The van der Waals surface area contributed by atoms with E-state index in [0.29, 0.717) is 24.5 Å². The average Bonchev–Trinajstić information content (AvgIpc) is 2.46. The minimum atomic E-state index is -0.327. The van der Waals surface area contributed by atoms with Gasteiger partial charge in [0.2, 0.25) is 0 Å². The van der Waals surface area contributed by atoms with Crippen LogP contribution in [0.3, 0.4) is 0 Å². The van der Waals surface area contributed by atoms with Gasteiger partial charge in [-0.1, -0.05) is 6.92 Å². The number of nitrogens with one attached hydrogen (secondary N) is 2. The lowest BCUT2D eigenvalue weighted by atomic mass is 10.1. The normalized spacial score (nSPS) is 12.0. The van der Waals surface area contributed by atoms with Crippen molar-refractivity contribution < 1.29 is 18.7 Å². The van der Waals surface area contributed by atoms with E-state index in [1.54, 1.807) is 13.2 Å². The zero-order chi connectivity index (χ0) is 15.7. The van der Waals surface area contributed by atoms with Gasteiger partial charge in [0.15, 0.2) is 6.61 Å². The van der Waals surface area contributed by atoms with Crippen molar-refractivity contribution >= 4 is 5.91 Å². The highest BCUT2D eigenvalue weighted by atomic mass is 19.1. The zero-order valence-electron chi connectivity index (χ0n) is 12.7. The first-order valence-electron chi connectivity index (χ1n) is 6.99. The van der Waals surface area contributed by atoms with Gasteiger partial charge in [0.1, 0.15) is 11.6 Å². The summed E-state index contributed by atoms with van der Waals surface area (Å²) in [6.45, 7) is 5.42. The molecule has 0 radical (unpaired) electrons. The van der Waals surface area contributed by atoms with E-state index in [9.17, 15) is 9.18 Å². The molecular weight excluding hydrogens is 275 g/mol. The van der Waals surface area contributed by atoms with Crippen LogP contribution in [-0.4, -0.2) is 39.3 Å². The molecule has 5 nitrogen and oxygen atoms in total. The van der Waals surface area contributed by atoms with Crippen molar-refractivity contribution in [1.29, 1.82) is 0 Å². The molecule has 0 aliphatic heterocycles. The monoisotopic (exact) mass is 298 g/mol. The molecule has 0 saturated carbocycles. The molecule has 1 unspecified atom stereocenters. The minimum Gasteiger partial charge on any atom is -0.483 e. The lowest BCUT2D eigenvalue weighted by molar-refractivity contribution is -0.123. The quantitative estimate of drug-likeness (QED) is 0.680. The number of hydrogen-bond acceptors (Lipinski definition) is 4. The molecule has 0 fully saturated rings. The molecule has 1 amide bonds. The lowest BCUT2D eigenvalue weighted by Crippen LogP contribution is -2.31. The first kappa shape index (κ1) is 17.4. The van der Waals surface area contributed by atoms with Gasteiger partial charge in [-0.25, -0.2) is 4.39 Å². The predicted molar refractivity (Wildman–Crippen MR) is 78.9 cm³/mol. The SMILES string of the molecule is CCNC(C)c1cc(F)ccc1OCC(=O)NCCOC. The molecule has 0 spiro atoms. The number of halogens is 1. The molecule has 2 N–H and O–H groups in total. The Labute approximate surface area is 124 Å². The summed E-state index contributed by atoms with van der Waals surface area (Å²) in [5, 5.41) is 5.86. The van der Waals surface area contributed by atoms with Crippen LogP contribution < -0.4 is 15.4 Å². The molecule has 0 bridgehead atoms. The maximum absolute atomic E-state index is 13.4. The molecule has 21 heavy (non-hydrogen) atoms. The van der Waals surface area contributed by atoms with Gasteiger partial charge in [-0.3, -0.25) is 4.79 Å². The summed E-state index contributed by atoms with van der Waals surface area (Å²) < 4.78 is 23.7. The second-order valence-corrected chi connectivity index (χ2v) is 4.59. The van der Waals surface area contributed by atoms with Crippen molar-refractivity contribution in [1.82, 2.24) is 10.6 Å². The Balaban J connectivity index is 2.63. The number of carbonyl (C=O) groups is 1. The van der Waals surface area contributed by atoms with Gasteiger partial charge < -0.3 is 20.1 Å². The summed E-state index contributed by atoms with van der Waals surface area (Å²) in [6.07, 6.45) is 0. The summed E-state index contributed by atoms with van der Waals surface area (Å²) >= 11 is 0. The van der Waals surface area contributed by atoms with Crippen LogP contribution in [0, 0.1) is 5.82 Å².